The summed E-state index contributed by atoms with van der Waals surface area (Å²) >= 11 is 0. The summed E-state index contributed by atoms with van der Waals surface area (Å²) in [7, 11) is 4.31. The molecule has 0 spiro atoms. The largest absolute Gasteiger partial charge is 0.339 e. The molecule has 15 heavy (non-hydrogen) atoms. The first-order chi connectivity index (χ1) is 7.16. The summed E-state index contributed by atoms with van der Waals surface area (Å²) in [6, 6.07) is 0.727. The Kier molecular flexibility index (Phi) is 3.05. The maximum Gasteiger partial charge on any atom is 0.229 e. The normalized spacial score (nSPS) is 27.2. The average molecular weight is 209 g/mol. The molecule has 0 radical (unpaired) electrons. The van der Waals surface area contributed by atoms with Crippen molar-refractivity contribution in [2.75, 3.05) is 14.1 Å². The minimum atomic E-state index is 0.488. The van der Waals surface area contributed by atoms with E-state index in [0.717, 1.165) is 17.8 Å². The van der Waals surface area contributed by atoms with Crippen LogP contribution in [-0.2, 0) is 0 Å². The molecule has 0 aliphatic heterocycles. The van der Waals surface area contributed by atoms with Crippen molar-refractivity contribution in [3.05, 3.63) is 11.7 Å². The molecule has 4 nitrogen and oxygen atoms in total. The highest BCUT2D eigenvalue weighted by Crippen LogP contribution is 2.33. The van der Waals surface area contributed by atoms with Crippen LogP contribution in [0.5, 0.6) is 0 Å². The summed E-state index contributed by atoms with van der Waals surface area (Å²) in [5.74, 6) is 2.08. The van der Waals surface area contributed by atoms with Crippen LogP contribution in [0.15, 0.2) is 4.52 Å². The number of rotatable bonds is 2. The highest BCUT2D eigenvalue weighted by Gasteiger charge is 2.26. The molecule has 84 valence electrons. The second kappa shape index (κ2) is 4.31. The van der Waals surface area contributed by atoms with Gasteiger partial charge in [0.25, 0.3) is 0 Å². The second-order valence-electron chi connectivity index (χ2n) is 4.65. The molecule has 0 bridgehead atoms. The third-order valence-electron chi connectivity index (χ3n) is 3.32. The van der Waals surface area contributed by atoms with Gasteiger partial charge in [0.05, 0.1) is 0 Å². The van der Waals surface area contributed by atoms with Gasteiger partial charge in [-0.1, -0.05) is 5.16 Å². The molecule has 1 fully saturated rings. The molecule has 1 aliphatic rings. The molecule has 2 rings (SSSR count). The number of hydrogen-bond acceptors (Lipinski definition) is 4. The van der Waals surface area contributed by atoms with E-state index < -0.39 is 0 Å². The monoisotopic (exact) mass is 209 g/mol. The van der Waals surface area contributed by atoms with Crippen LogP contribution < -0.4 is 0 Å². The van der Waals surface area contributed by atoms with E-state index in [4.69, 9.17) is 4.52 Å². The Labute approximate surface area is 90.7 Å². The lowest BCUT2D eigenvalue weighted by molar-refractivity contribution is 0.201. The van der Waals surface area contributed by atoms with Crippen LogP contribution in [0.25, 0.3) is 0 Å². The molecule has 0 N–H and O–H groups in total. The van der Waals surface area contributed by atoms with E-state index in [1.54, 1.807) is 0 Å². The van der Waals surface area contributed by atoms with Crippen molar-refractivity contribution in [1.29, 1.82) is 0 Å². The minimum Gasteiger partial charge on any atom is -0.339 e. The Balaban J connectivity index is 1.93. The molecule has 4 heteroatoms. The Morgan fingerprint density at radius 2 is 1.87 bits per heavy atom. The molecular formula is C11H19N3O. The number of nitrogens with zero attached hydrogens (tertiary/aromatic N) is 3. The van der Waals surface area contributed by atoms with Crippen molar-refractivity contribution in [1.82, 2.24) is 15.0 Å². The Morgan fingerprint density at radius 1 is 1.20 bits per heavy atom. The maximum absolute atomic E-state index is 5.22. The van der Waals surface area contributed by atoms with Gasteiger partial charge in [0, 0.05) is 12.0 Å². The van der Waals surface area contributed by atoms with Crippen molar-refractivity contribution in [2.45, 2.75) is 44.6 Å². The van der Waals surface area contributed by atoms with E-state index in [1.807, 2.05) is 6.92 Å². The van der Waals surface area contributed by atoms with Gasteiger partial charge in [0.1, 0.15) is 0 Å². The standard InChI is InChI=1S/C11H19N3O/c1-8-12-11(15-13-8)9-4-6-10(7-5-9)14(2)3/h9-10H,4-7H2,1-3H3. The third kappa shape index (κ3) is 2.37. The predicted molar refractivity (Wildman–Crippen MR) is 57.7 cm³/mol. The van der Waals surface area contributed by atoms with Crippen LogP contribution in [0.2, 0.25) is 0 Å². The first-order valence-electron chi connectivity index (χ1n) is 5.63. The fraction of sp³-hybridized carbons (Fsp3) is 0.818. The highest BCUT2D eigenvalue weighted by molar-refractivity contribution is 4.96. The molecule has 0 aromatic carbocycles. The van der Waals surface area contributed by atoms with Crippen LogP contribution >= 0.6 is 0 Å². The fourth-order valence-electron chi connectivity index (χ4n) is 2.32. The van der Waals surface area contributed by atoms with E-state index in [0.29, 0.717) is 5.92 Å². The van der Waals surface area contributed by atoms with Gasteiger partial charge in [-0.05, 0) is 46.7 Å². The van der Waals surface area contributed by atoms with Crippen LogP contribution in [0.4, 0.5) is 0 Å². The molecule has 1 aromatic rings. The molecule has 0 saturated heterocycles. The lowest BCUT2D eigenvalue weighted by atomic mass is 9.85. The molecule has 1 saturated carbocycles. The average Bonchev–Trinajstić information content (AvgIpc) is 2.65. The predicted octanol–water partition coefficient (Wildman–Crippen LogP) is 1.97. The van der Waals surface area contributed by atoms with Gasteiger partial charge in [-0.15, -0.1) is 0 Å². The SMILES string of the molecule is Cc1noc(C2CCC(N(C)C)CC2)n1. The molecule has 1 aromatic heterocycles. The molecule has 0 amide bonds. The summed E-state index contributed by atoms with van der Waals surface area (Å²) in [5.41, 5.74) is 0. The van der Waals surface area contributed by atoms with Gasteiger partial charge in [-0.2, -0.15) is 4.98 Å². The van der Waals surface area contributed by atoms with E-state index in [-0.39, 0.29) is 0 Å². The summed E-state index contributed by atoms with van der Waals surface area (Å²) in [5, 5.41) is 3.85. The van der Waals surface area contributed by atoms with Crippen LogP contribution in [0.1, 0.15) is 43.3 Å². The smallest absolute Gasteiger partial charge is 0.229 e. The molecule has 1 heterocycles. The highest BCUT2D eigenvalue weighted by atomic mass is 16.5. The maximum atomic E-state index is 5.22. The second-order valence-corrected chi connectivity index (χ2v) is 4.65. The number of aromatic nitrogens is 2. The zero-order chi connectivity index (χ0) is 10.8. The van der Waals surface area contributed by atoms with Gasteiger partial charge < -0.3 is 9.42 Å². The van der Waals surface area contributed by atoms with Gasteiger partial charge in [0.2, 0.25) is 5.89 Å². The first-order valence-corrected chi connectivity index (χ1v) is 5.63. The van der Waals surface area contributed by atoms with E-state index >= 15 is 0 Å². The Bertz CT molecular complexity index is 313. The number of hydrogen-bond donors (Lipinski definition) is 0. The summed E-state index contributed by atoms with van der Waals surface area (Å²) in [6.45, 7) is 1.87. The van der Waals surface area contributed by atoms with E-state index in [2.05, 4.69) is 29.1 Å². The molecule has 1 aliphatic carbocycles. The number of aryl methyl sites for hydroxylation is 1. The minimum absolute atomic E-state index is 0.488. The van der Waals surface area contributed by atoms with Crippen molar-refractivity contribution >= 4 is 0 Å². The fourth-order valence-corrected chi connectivity index (χ4v) is 2.32. The lowest BCUT2D eigenvalue weighted by Crippen LogP contribution is -2.31. The first kappa shape index (κ1) is 10.6. The van der Waals surface area contributed by atoms with Gasteiger partial charge >= 0.3 is 0 Å². The summed E-state index contributed by atoms with van der Waals surface area (Å²) in [4.78, 5) is 6.63. The summed E-state index contributed by atoms with van der Waals surface area (Å²) < 4.78 is 5.22. The Hall–Kier alpha value is -0.900. The quantitative estimate of drug-likeness (QED) is 0.746. The van der Waals surface area contributed by atoms with Crippen LogP contribution in [-0.4, -0.2) is 35.2 Å². The molecule has 0 unspecified atom stereocenters. The lowest BCUT2D eigenvalue weighted by Gasteiger charge is -2.31. The molecule has 0 atom stereocenters. The van der Waals surface area contributed by atoms with Gasteiger partial charge in [-0.25, -0.2) is 0 Å². The van der Waals surface area contributed by atoms with Crippen molar-refractivity contribution in [3.8, 4) is 0 Å². The molecular weight excluding hydrogens is 190 g/mol. The van der Waals surface area contributed by atoms with E-state index in [1.165, 1.54) is 25.7 Å². The zero-order valence-corrected chi connectivity index (χ0v) is 9.73. The van der Waals surface area contributed by atoms with Crippen molar-refractivity contribution in [3.63, 3.8) is 0 Å². The van der Waals surface area contributed by atoms with Gasteiger partial charge in [-0.3, -0.25) is 0 Å². The van der Waals surface area contributed by atoms with Gasteiger partial charge in [0.15, 0.2) is 5.82 Å². The van der Waals surface area contributed by atoms with Crippen molar-refractivity contribution in [2.24, 2.45) is 0 Å². The summed E-state index contributed by atoms with van der Waals surface area (Å²) in [6.07, 6.45) is 4.81. The Morgan fingerprint density at radius 3 is 2.33 bits per heavy atom. The van der Waals surface area contributed by atoms with Crippen molar-refractivity contribution < 1.29 is 4.52 Å². The van der Waals surface area contributed by atoms with E-state index in [9.17, 15) is 0 Å². The topological polar surface area (TPSA) is 42.2 Å². The van der Waals surface area contributed by atoms with Crippen LogP contribution in [0.3, 0.4) is 0 Å². The van der Waals surface area contributed by atoms with Crippen LogP contribution in [0, 0.1) is 6.92 Å². The third-order valence-corrected chi connectivity index (χ3v) is 3.32. The zero-order valence-electron chi connectivity index (χ0n) is 9.73.